The SMILES string of the molecule is C=CCN(C)C(=O)[C@H]1[C@H]2C(=O)N(CCCCO)C(C(=O)N(CC=C)C(C)C)C23CC[C@]1(C)S3. The van der Waals surface area contributed by atoms with Gasteiger partial charge < -0.3 is 19.8 Å². The van der Waals surface area contributed by atoms with Crippen LogP contribution in [0.3, 0.4) is 0 Å². The highest BCUT2D eigenvalue weighted by Gasteiger charge is 2.77. The third-order valence-corrected chi connectivity index (χ3v) is 9.58. The molecule has 0 saturated carbocycles. The second-order valence-electron chi connectivity index (χ2n) is 10.1. The molecule has 0 aromatic rings. The maximum absolute atomic E-state index is 14.0. The highest BCUT2D eigenvalue weighted by Crippen LogP contribution is 2.71. The second-order valence-corrected chi connectivity index (χ2v) is 12.0. The first-order chi connectivity index (χ1) is 15.6. The summed E-state index contributed by atoms with van der Waals surface area (Å²) in [6.45, 7) is 14.9. The van der Waals surface area contributed by atoms with Crippen LogP contribution in [0.15, 0.2) is 25.3 Å². The van der Waals surface area contributed by atoms with E-state index in [0.717, 1.165) is 12.8 Å². The van der Waals surface area contributed by atoms with Crippen LogP contribution < -0.4 is 0 Å². The fraction of sp³-hybridized carbons (Fsp3) is 0.720. The lowest BCUT2D eigenvalue weighted by atomic mass is 9.66. The monoisotopic (exact) mass is 477 g/mol. The fourth-order valence-electron chi connectivity index (χ4n) is 6.09. The van der Waals surface area contributed by atoms with E-state index in [1.54, 1.807) is 45.7 Å². The molecule has 0 aromatic carbocycles. The number of unbranched alkanes of at least 4 members (excludes halogenated alkanes) is 1. The molecule has 1 spiro atoms. The van der Waals surface area contributed by atoms with Crippen molar-refractivity contribution >= 4 is 29.5 Å². The molecule has 3 fully saturated rings. The van der Waals surface area contributed by atoms with E-state index >= 15 is 0 Å². The smallest absolute Gasteiger partial charge is 0.247 e. The molecule has 2 unspecified atom stereocenters. The van der Waals surface area contributed by atoms with E-state index in [0.29, 0.717) is 32.5 Å². The van der Waals surface area contributed by atoms with Gasteiger partial charge in [0, 0.05) is 44.1 Å². The Hall–Kier alpha value is -1.80. The summed E-state index contributed by atoms with van der Waals surface area (Å²) >= 11 is 1.70. The Morgan fingerprint density at radius 3 is 2.45 bits per heavy atom. The molecule has 3 rings (SSSR count). The predicted octanol–water partition coefficient (Wildman–Crippen LogP) is 2.31. The molecule has 1 N–H and O–H groups in total. The summed E-state index contributed by atoms with van der Waals surface area (Å²) in [5.74, 6) is -1.16. The number of hydrogen-bond acceptors (Lipinski definition) is 5. The van der Waals surface area contributed by atoms with Crippen molar-refractivity contribution in [3.05, 3.63) is 25.3 Å². The van der Waals surface area contributed by atoms with Crippen LogP contribution >= 0.6 is 11.8 Å². The van der Waals surface area contributed by atoms with Crippen LogP contribution in [0.25, 0.3) is 0 Å². The molecule has 0 aromatic heterocycles. The maximum atomic E-state index is 14.0. The van der Waals surface area contributed by atoms with Crippen molar-refractivity contribution in [3.8, 4) is 0 Å². The Bertz CT molecular complexity index is 817. The standard InChI is InChI=1S/C25H39N3O4S/c1-7-13-26(6)21(30)18-19-22(31)28(15-9-10-16-29)20(23(32)27(14-8-2)17(3)4)25(19)12-11-24(18,5)33-25/h7-8,17-20,29H,1-2,9-16H2,3-6H3/t18-,19+,20?,24+,25?/m1/s1. The van der Waals surface area contributed by atoms with Crippen molar-refractivity contribution < 1.29 is 19.5 Å². The molecule has 3 saturated heterocycles. The molecule has 8 heteroatoms. The van der Waals surface area contributed by atoms with Crippen molar-refractivity contribution in [2.45, 2.75) is 68.0 Å². The van der Waals surface area contributed by atoms with Crippen molar-refractivity contribution in [3.63, 3.8) is 0 Å². The van der Waals surface area contributed by atoms with E-state index in [1.165, 1.54) is 0 Å². The second kappa shape index (κ2) is 9.82. The minimum Gasteiger partial charge on any atom is -0.396 e. The van der Waals surface area contributed by atoms with E-state index in [-0.39, 0.29) is 35.1 Å². The Kier molecular flexibility index (Phi) is 7.68. The summed E-state index contributed by atoms with van der Waals surface area (Å²) in [6, 6.07) is -0.638. The number of rotatable bonds is 11. The van der Waals surface area contributed by atoms with Crippen LogP contribution in [0.5, 0.6) is 0 Å². The number of aliphatic hydroxyl groups excluding tert-OH is 1. The average Bonchev–Trinajstić information content (AvgIpc) is 3.32. The van der Waals surface area contributed by atoms with Gasteiger partial charge in [0.25, 0.3) is 0 Å². The summed E-state index contributed by atoms with van der Waals surface area (Å²) in [7, 11) is 1.75. The molecule has 3 amide bonds. The van der Waals surface area contributed by atoms with Gasteiger partial charge in [0.1, 0.15) is 6.04 Å². The lowest BCUT2D eigenvalue weighted by Crippen LogP contribution is -2.56. The summed E-state index contributed by atoms with van der Waals surface area (Å²) < 4.78 is -0.977. The number of likely N-dealkylation sites (tertiary alicyclic amines) is 1. The quantitative estimate of drug-likeness (QED) is 0.365. The Morgan fingerprint density at radius 1 is 1.21 bits per heavy atom. The van der Waals surface area contributed by atoms with Gasteiger partial charge >= 0.3 is 0 Å². The molecule has 33 heavy (non-hydrogen) atoms. The van der Waals surface area contributed by atoms with Crippen molar-refractivity contribution in [1.29, 1.82) is 0 Å². The van der Waals surface area contributed by atoms with E-state index in [9.17, 15) is 19.5 Å². The third-order valence-electron chi connectivity index (χ3n) is 7.60. The third kappa shape index (κ3) is 4.14. The average molecular weight is 478 g/mol. The molecule has 5 atom stereocenters. The van der Waals surface area contributed by atoms with Gasteiger partial charge in [0.2, 0.25) is 17.7 Å². The van der Waals surface area contributed by atoms with Crippen LogP contribution in [0.2, 0.25) is 0 Å². The number of nitrogens with zero attached hydrogens (tertiary/aromatic N) is 3. The number of carbonyl (C=O) groups is 3. The zero-order valence-electron chi connectivity index (χ0n) is 20.5. The van der Waals surface area contributed by atoms with Crippen molar-refractivity contribution in [2.75, 3.05) is 33.3 Å². The molecular formula is C25H39N3O4S. The van der Waals surface area contributed by atoms with E-state index in [2.05, 4.69) is 20.1 Å². The fourth-order valence-corrected chi connectivity index (χ4v) is 8.43. The molecule has 184 valence electrons. The van der Waals surface area contributed by atoms with Gasteiger partial charge in [-0.15, -0.1) is 24.9 Å². The largest absolute Gasteiger partial charge is 0.396 e. The number of amides is 3. The topological polar surface area (TPSA) is 81.2 Å². The Balaban J connectivity index is 2.06. The van der Waals surface area contributed by atoms with Crippen molar-refractivity contribution in [2.24, 2.45) is 11.8 Å². The lowest BCUT2D eigenvalue weighted by Gasteiger charge is -2.38. The van der Waals surface area contributed by atoms with Gasteiger partial charge in [0.15, 0.2) is 0 Å². The molecule has 2 bridgehead atoms. The number of carbonyl (C=O) groups excluding carboxylic acids is 3. The maximum Gasteiger partial charge on any atom is 0.247 e. The summed E-state index contributed by atoms with van der Waals surface area (Å²) in [6.07, 6.45) is 6.14. The van der Waals surface area contributed by atoms with Crippen LogP contribution in [0, 0.1) is 11.8 Å². The van der Waals surface area contributed by atoms with E-state index < -0.39 is 22.6 Å². The van der Waals surface area contributed by atoms with Crippen LogP contribution in [0.1, 0.15) is 46.5 Å². The molecule has 3 aliphatic rings. The van der Waals surface area contributed by atoms with Gasteiger partial charge in [-0.05, 0) is 46.5 Å². The van der Waals surface area contributed by atoms with E-state index in [4.69, 9.17) is 0 Å². The van der Waals surface area contributed by atoms with Gasteiger partial charge in [-0.2, -0.15) is 0 Å². The van der Waals surface area contributed by atoms with Crippen LogP contribution in [0.4, 0.5) is 0 Å². The summed E-state index contributed by atoms with van der Waals surface area (Å²) in [4.78, 5) is 46.7. The number of likely N-dealkylation sites (N-methyl/N-ethyl adjacent to an activating group) is 1. The molecule has 3 aliphatic heterocycles. The van der Waals surface area contributed by atoms with Gasteiger partial charge in [-0.3, -0.25) is 14.4 Å². The van der Waals surface area contributed by atoms with Crippen LogP contribution in [-0.2, 0) is 14.4 Å². The lowest BCUT2D eigenvalue weighted by molar-refractivity contribution is -0.145. The minimum atomic E-state index is -0.606. The first-order valence-corrected chi connectivity index (χ1v) is 12.8. The Labute approximate surface area is 202 Å². The predicted molar refractivity (Wildman–Crippen MR) is 132 cm³/mol. The highest BCUT2D eigenvalue weighted by molar-refractivity contribution is 8.02. The number of hydrogen-bond donors (Lipinski definition) is 1. The molecule has 7 nitrogen and oxygen atoms in total. The normalized spacial score (nSPS) is 32.2. The zero-order valence-corrected chi connectivity index (χ0v) is 21.3. The van der Waals surface area contributed by atoms with E-state index in [1.807, 2.05) is 13.8 Å². The number of aliphatic hydroxyl groups is 1. The minimum absolute atomic E-state index is 0.0318. The summed E-state index contributed by atoms with van der Waals surface area (Å²) in [5.41, 5.74) is 0. The zero-order chi connectivity index (χ0) is 24.6. The molecular weight excluding hydrogens is 438 g/mol. The number of thioether (sulfide) groups is 1. The highest BCUT2D eigenvalue weighted by atomic mass is 32.2. The van der Waals surface area contributed by atoms with Gasteiger partial charge in [-0.25, -0.2) is 0 Å². The molecule has 0 aliphatic carbocycles. The van der Waals surface area contributed by atoms with Crippen LogP contribution in [-0.4, -0.2) is 92.4 Å². The van der Waals surface area contributed by atoms with Crippen molar-refractivity contribution in [1.82, 2.24) is 14.7 Å². The van der Waals surface area contributed by atoms with Gasteiger partial charge in [-0.1, -0.05) is 12.2 Å². The number of fused-ring (bicyclic) bond motifs is 1. The van der Waals surface area contributed by atoms with Gasteiger partial charge in [0.05, 0.1) is 16.6 Å². The Morgan fingerprint density at radius 2 is 1.88 bits per heavy atom. The molecule has 0 radical (unpaired) electrons. The summed E-state index contributed by atoms with van der Waals surface area (Å²) in [5, 5.41) is 9.29. The first-order valence-electron chi connectivity index (χ1n) is 12.0. The molecule has 3 heterocycles. The first kappa shape index (κ1) is 25.8.